The van der Waals surface area contributed by atoms with Gasteiger partial charge in [0.25, 0.3) is 5.78 Å². The minimum absolute atomic E-state index is 0.149. The molecular weight excluding hydrogens is 247 g/mol. The van der Waals surface area contributed by atoms with Crippen LogP contribution < -0.4 is 0 Å². The summed E-state index contributed by atoms with van der Waals surface area (Å²) in [6.45, 7) is 1.17. The summed E-state index contributed by atoms with van der Waals surface area (Å²) in [5, 5.41) is 8.72. The molecule has 17 heavy (non-hydrogen) atoms. The molecule has 0 aromatic heterocycles. The molecule has 0 unspecified atom stereocenters. The summed E-state index contributed by atoms with van der Waals surface area (Å²) in [7, 11) is 0. The molecule has 1 heterocycles. The van der Waals surface area contributed by atoms with Crippen LogP contribution >= 0.6 is 11.8 Å². The average molecular weight is 256 g/mol. The van der Waals surface area contributed by atoms with Crippen molar-refractivity contribution in [2.45, 2.75) is 10.1 Å². The number of ether oxygens (including phenoxy) is 1. The number of carboxylic acid groups (broad SMARTS) is 1. The zero-order valence-electron chi connectivity index (χ0n) is 8.68. The molecule has 0 bridgehead atoms. The van der Waals surface area contributed by atoms with E-state index in [1.165, 1.54) is 23.9 Å². The van der Waals surface area contributed by atoms with E-state index in [0.29, 0.717) is 18.1 Å². The number of carboxylic acids is 1. The summed E-state index contributed by atoms with van der Waals surface area (Å²) < 4.78 is 18.6. The van der Waals surface area contributed by atoms with E-state index in [4.69, 9.17) is 9.84 Å². The van der Waals surface area contributed by atoms with E-state index < -0.39 is 17.6 Å². The number of benzene rings is 1. The van der Waals surface area contributed by atoms with E-state index in [-0.39, 0.29) is 10.8 Å². The number of aliphatic carboxylic acids is 1. The molecule has 1 aliphatic heterocycles. The van der Waals surface area contributed by atoms with Gasteiger partial charge in [-0.05, 0) is 18.2 Å². The van der Waals surface area contributed by atoms with Crippen molar-refractivity contribution in [3.05, 3.63) is 29.6 Å². The summed E-state index contributed by atoms with van der Waals surface area (Å²) in [5.74, 6) is -3.27. The number of carbonyl (C=O) groups is 2. The van der Waals surface area contributed by atoms with Crippen molar-refractivity contribution in [2.24, 2.45) is 0 Å². The van der Waals surface area contributed by atoms with E-state index in [1.54, 1.807) is 0 Å². The van der Waals surface area contributed by atoms with Gasteiger partial charge in [0.1, 0.15) is 5.82 Å². The predicted octanol–water partition coefficient (Wildman–Crippen LogP) is 1.58. The highest BCUT2D eigenvalue weighted by Crippen LogP contribution is 2.30. The number of thioether (sulfide) groups is 1. The van der Waals surface area contributed by atoms with Gasteiger partial charge in [-0.15, -0.1) is 11.8 Å². The van der Waals surface area contributed by atoms with Crippen molar-refractivity contribution >= 4 is 23.5 Å². The van der Waals surface area contributed by atoms with Gasteiger partial charge in [0.2, 0.25) is 0 Å². The van der Waals surface area contributed by atoms with Gasteiger partial charge in [-0.25, -0.2) is 9.18 Å². The van der Waals surface area contributed by atoms with Gasteiger partial charge in [-0.3, -0.25) is 4.79 Å². The summed E-state index contributed by atoms with van der Waals surface area (Å²) in [4.78, 5) is 21.9. The molecule has 1 aliphatic rings. The third kappa shape index (κ3) is 2.65. The van der Waals surface area contributed by atoms with E-state index in [0.717, 1.165) is 6.07 Å². The summed E-state index contributed by atoms with van der Waals surface area (Å²) in [5.41, 5.74) is -0.149. The smallest absolute Gasteiger partial charge is 0.377 e. The van der Waals surface area contributed by atoms with E-state index in [1.807, 2.05) is 0 Å². The van der Waals surface area contributed by atoms with Gasteiger partial charge in [0, 0.05) is 10.5 Å². The maximum absolute atomic E-state index is 13.6. The first-order chi connectivity index (χ1) is 8.08. The molecule has 0 atom stereocenters. The molecule has 1 saturated heterocycles. The topological polar surface area (TPSA) is 63.6 Å². The first kappa shape index (κ1) is 12.1. The summed E-state index contributed by atoms with van der Waals surface area (Å²) >= 11 is 1.33. The SMILES string of the molecule is O=C(O)C(=O)c1ccc(SC2COC2)c(F)c1. The van der Waals surface area contributed by atoms with E-state index in [9.17, 15) is 14.0 Å². The minimum Gasteiger partial charge on any atom is -0.475 e. The van der Waals surface area contributed by atoms with Crippen LogP contribution in [0.3, 0.4) is 0 Å². The standard InChI is InChI=1S/C11H9FO4S/c12-8-3-6(10(13)11(14)15)1-2-9(8)17-7-4-16-5-7/h1-3,7H,4-5H2,(H,14,15). The third-order valence-electron chi connectivity index (χ3n) is 2.29. The van der Waals surface area contributed by atoms with Crippen molar-refractivity contribution in [1.29, 1.82) is 0 Å². The van der Waals surface area contributed by atoms with Gasteiger partial charge in [0.15, 0.2) is 0 Å². The molecule has 90 valence electrons. The number of carbonyl (C=O) groups excluding carboxylic acids is 1. The fraction of sp³-hybridized carbons (Fsp3) is 0.273. The molecule has 0 amide bonds. The monoisotopic (exact) mass is 256 g/mol. The first-order valence-electron chi connectivity index (χ1n) is 4.89. The van der Waals surface area contributed by atoms with Crippen molar-refractivity contribution in [3.8, 4) is 0 Å². The maximum Gasteiger partial charge on any atom is 0.377 e. The molecule has 0 aliphatic carbocycles. The highest BCUT2D eigenvalue weighted by Gasteiger charge is 2.22. The number of halogens is 1. The Morgan fingerprint density at radius 1 is 1.41 bits per heavy atom. The summed E-state index contributed by atoms with van der Waals surface area (Å²) in [6.07, 6.45) is 0. The third-order valence-corrected chi connectivity index (χ3v) is 3.48. The zero-order chi connectivity index (χ0) is 12.4. The average Bonchev–Trinajstić information content (AvgIpc) is 2.23. The molecule has 1 N–H and O–H groups in total. The van der Waals surface area contributed by atoms with Crippen molar-refractivity contribution in [1.82, 2.24) is 0 Å². The Hall–Kier alpha value is -1.40. The second-order valence-corrected chi connectivity index (χ2v) is 4.90. The number of hydrogen-bond acceptors (Lipinski definition) is 4. The van der Waals surface area contributed by atoms with Gasteiger partial charge in [-0.2, -0.15) is 0 Å². The molecule has 2 rings (SSSR count). The molecule has 4 nitrogen and oxygen atoms in total. The Morgan fingerprint density at radius 3 is 2.59 bits per heavy atom. The van der Waals surface area contributed by atoms with Crippen LogP contribution in [0.4, 0.5) is 4.39 Å². The Balaban J connectivity index is 2.15. The normalized spacial score (nSPS) is 15.4. The van der Waals surface area contributed by atoms with Crippen LogP contribution in [0.2, 0.25) is 0 Å². The van der Waals surface area contributed by atoms with Crippen LogP contribution in [0.25, 0.3) is 0 Å². The summed E-state index contributed by atoms with van der Waals surface area (Å²) in [6, 6.07) is 3.70. The Morgan fingerprint density at radius 2 is 2.12 bits per heavy atom. The Bertz CT molecular complexity index is 471. The van der Waals surface area contributed by atoms with Crippen molar-refractivity contribution in [2.75, 3.05) is 13.2 Å². The predicted molar refractivity (Wildman–Crippen MR) is 58.8 cm³/mol. The maximum atomic E-state index is 13.6. The molecule has 0 radical (unpaired) electrons. The number of ketones is 1. The zero-order valence-corrected chi connectivity index (χ0v) is 9.50. The number of Topliss-reactive ketones (excluding diaryl/α,β-unsaturated/α-hetero) is 1. The van der Waals surface area contributed by atoms with Gasteiger partial charge < -0.3 is 9.84 Å². The van der Waals surface area contributed by atoms with E-state index >= 15 is 0 Å². The largest absolute Gasteiger partial charge is 0.475 e. The lowest BCUT2D eigenvalue weighted by Crippen LogP contribution is -2.30. The second kappa shape index (κ2) is 4.85. The lowest BCUT2D eigenvalue weighted by Gasteiger charge is -2.25. The minimum atomic E-state index is -1.59. The van der Waals surface area contributed by atoms with Crippen LogP contribution in [0.5, 0.6) is 0 Å². The Kier molecular flexibility index (Phi) is 3.44. The van der Waals surface area contributed by atoms with Gasteiger partial charge >= 0.3 is 5.97 Å². The van der Waals surface area contributed by atoms with Crippen LogP contribution in [-0.4, -0.2) is 35.3 Å². The highest BCUT2D eigenvalue weighted by atomic mass is 32.2. The van der Waals surface area contributed by atoms with Crippen molar-refractivity contribution in [3.63, 3.8) is 0 Å². The molecule has 0 saturated carbocycles. The molecule has 6 heteroatoms. The molecule has 1 aromatic rings. The van der Waals surface area contributed by atoms with Crippen molar-refractivity contribution < 1.29 is 23.8 Å². The lowest BCUT2D eigenvalue weighted by molar-refractivity contribution is -0.131. The molecular formula is C11H9FO4S. The molecule has 0 spiro atoms. The Labute approximate surface area is 101 Å². The first-order valence-corrected chi connectivity index (χ1v) is 5.77. The number of rotatable bonds is 4. The highest BCUT2D eigenvalue weighted by molar-refractivity contribution is 8.00. The van der Waals surface area contributed by atoms with Crippen LogP contribution in [0, 0.1) is 5.82 Å². The van der Waals surface area contributed by atoms with Crippen LogP contribution in [0.15, 0.2) is 23.1 Å². The van der Waals surface area contributed by atoms with E-state index in [2.05, 4.69) is 0 Å². The quantitative estimate of drug-likeness (QED) is 0.654. The van der Waals surface area contributed by atoms with Gasteiger partial charge in [-0.1, -0.05) is 0 Å². The molecule has 1 aromatic carbocycles. The fourth-order valence-electron chi connectivity index (χ4n) is 1.32. The molecule has 1 fully saturated rings. The number of hydrogen-bond donors (Lipinski definition) is 1. The van der Waals surface area contributed by atoms with Crippen LogP contribution in [0.1, 0.15) is 10.4 Å². The second-order valence-electron chi connectivity index (χ2n) is 3.56. The van der Waals surface area contributed by atoms with Gasteiger partial charge in [0.05, 0.1) is 18.5 Å². The van der Waals surface area contributed by atoms with Crippen LogP contribution in [-0.2, 0) is 9.53 Å². The fourth-order valence-corrected chi connectivity index (χ4v) is 2.33. The lowest BCUT2D eigenvalue weighted by atomic mass is 10.1.